The lowest BCUT2D eigenvalue weighted by molar-refractivity contribution is 0.962. The van der Waals surface area contributed by atoms with Crippen LogP contribution in [0.15, 0.2) is 78.0 Å². The SMILES string of the molecule is Bc1ccc(-c2nc3cnc4c(ccn4Sc4ccccc4)c3n2C)cc1. The Morgan fingerprint density at radius 3 is 2.52 bits per heavy atom. The predicted octanol–water partition coefficient (Wildman–Crippen LogP) is 3.40. The van der Waals surface area contributed by atoms with Crippen LogP contribution < -0.4 is 5.46 Å². The maximum absolute atomic E-state index is 4.84. The molecular weight excluding hydrogens is 351 g/mol. The zero-order valence-corrected chi connectivity index (χ0v) is 15.9. The van der Waals surface area contributed by atoms with E-state index >= 15 is 0 Å². The highest BCUT2D eigenvalue weighted by molar-refractivity contribution is 7.98. The fourth-order valence-corrected chi connectivity index (χ4v) is 4.26. The van der Waals surface area contributed by atoms with Crippen molar-refractivity contribution >= 4 is 47.3 Å². The number of pyridine rings is 1. The van der Waals surface area contributed by atoms with Crippen LogP contribution in [0.1, 0.15) is 0 Å². The Morgan fingerprint density at radius 2 is 1.74 bits per heavy atom. The summed E-state index contributed by atoms with van der Waals surface area (Å²) in [4.78, 5) is 10.7. The normalized spacial score (nSPS) is 11.4. The van der Waals surface area contributed by atoms with E-state index < -0.39 is 0 Å². The van der Waals surface area contributed by atoms with Crippen LogP contribution >= 0.6 is 11.9 Å². The summed E-state index contributed by atoms with van der Waals surface area (Å²) in [5, 5.41) is 1.12. The van der Waals surface area contributed by atoms with Crippen molar-refractivity contribution in [3.8, 4) is 11.4 Å². The third-order valence-electron chi connectivity index (χ3n) is 4.77. The molecule has 5 rings (SSSR count). The summed E-state index contributed by atoms with van der Waals surface area (Å²) >= 11 is 1.67. The summed E-state index contributed by atoms with van der Waals surface area (Å²) in [7, 11) is 4.17. The molecule has 0 saturated heterocycles. The smallest absolute Gasteiger partial charge is 0.152 e. The summed E-state index contributed by atoms with van der Waals surface area (Å²) in [5.74, 6) is 0.961. The number of hydrogen-bond acceptors (Lipinski definition) is 3. The van der Waals surface area contributed by atoms with Gasteiger partial charge in [0.1, 0.15) is 19.2 Å². The molecule has 0 aliphatic heterocycles. The van der Waals surface area contributed by atoms with Gasteiger partial charge in [0.25, 0.3) is 0 Å². The maximum Gasteiger partial charge on any atom is 0.152 e. The highest BCUT2D eigenvalue weighted by atomic mass is 32.2. The lowest BCUT2D eigenvalue weighted by atomic mass is 9.95. The quantitative estimate of drug-likeness (QED) is 0.458. The van der Waals surface area contributed by atoms with E-state index in [0.717, 1.165) is 33.5 Å². The molecule has 0 radical (unpaired) electrons. The molecule has 0 saturated carbocycles. The highest BCUT2D eigenvalue weighted by Gasteiger charge is 2.15. The van der Waals surface area contributed by atoms with Gasteiger partial charge in [-0.05, 0) is 30.1 Å². The first-order valence-electron chi connectivity index (χ1n) is 8.83. The third-order valence-corrected chi connectivity index (χ3v) is 5.74. The molecule has 0 atom stereocenters. The van der Waals surface area contributed by atoms with Crippen LogP contribution in [0, 0.1) is 0 Å². The van der Waals surface area contributed by atoms with Crippen molar-refractivity contribution in [2.24, 2.45) is 7.05 Å². The number of aromatic nitrogens is 4. The molecule has 0 aliphatic rings. The zero-order valence-electron chi connectivity index (χ0n) is 15.1. The molecule has 0 bridgehead atoms. The van der Waals surface area contributed by atoms with Crippen molar-refractivity contribution in [2.75, 3.05) is 0 Å². The Kier molecular flexibility index (Phi) is 3.79. The minimum Gasteiger partial charge on any atom is -0.326 e. The number of nitrogens with zero attached hydrogens (tertiary/aromatic N) is 4. The average molecular weight is 368 g/mol. The van der Waals surface area contributed by atoms with Gasteiger partial charge in [-0.2, -0.15) is 0 Å². The van der Waals surface area contributed by atoms with Gasteiger partial charge < -0.3 is 4.57 Å². The Morgan fingerprint density at radius 1 is 0.963 bits per heavy atom. The first kappa shape index (κ1) is 16.2. The fraction of sp³-hybridized carbons (Fsp3) is 0.0476. The van der Waals surface area contributed by atoms with Gasteiger partial charge in [0, 0.05) is 29.1 Å². The lowest BCUT2D eigenvalue weighted by Crippen LogP contribution is -2.00. The molecule has 6 heteroatoms. The van der Waals surface area contributed by atoms with Gasteiger partial charge in [0.2, 0.25) is 0 Å². The second kappa shape index (κ2) is 6.32. The van der Waals surface area contributed by atoms with E-state index in [4.69, 9.17) is 9.97 Å². The summed E-state index contributed by atoms with van der Waals surface area (Å²) in [6, 6.07) is 21.0. The molecule has 0 N–H and O–H groups in total. The molecule has 130 valence electrons. The molecule has 3 aromatic heterocycles. The molecule has 2 aromatic carbocycles. The van der Waals surface area contributed by atoms with Gasteiger partial charge in [-0.1, -0.05) is 47.9 Å². The molecular formula is C21H17BN4S. The van der Waals surface area contributed by atoms with E-state index in [1.165, 1.54) is 10.4 Å². The second-order valence-corrected chi connectivity index (χ2v) is 7.68. The zero-order chi connectivity index (χ0) is 18.4. The largest absolute Gasteiger partial charge is 0.326 e. The standard InChI is InChI=1S/C21H17BN4S/c1-25-19-17-11-12-26(27-16-5-3-2-4-6-16)21(17)23-13-18(19)24-20(25)14-7-9-15(22)10-8-14/h2-13H,22H2,1H3. The van der Waals surface area contributed by atoms with Crippen LogP contribution in [-0.4, -0.2) is 26.4 Å². The van der Waals surface area contributed by atoms with Gasteiger partial charge in [0.15, 0.2) is 5.65 Å². The maximum atomic E-state index is 4.84. The fourth-order valence-electron chi connectivity index (χ4n) is 3.40. The first-order chi connectivity index (χ1) is 13.2. The van der Waals surface area contributed by atoms with Crippen LogP contribution in [0.2, 0.25) is 0 Å². The molecule has 3 heterocycles. The van der Waals surface area contributed by atoms with Gasteiger partial charge >= 0.3 is 0 Å². The summed E-state index contributed by atoms with van der Waals surface area (Å²) < 4.78 is 4.28. The molecule has 4 nitrogen and oxygen atoms in total. The van der Waals surface area contributed by atoms with E-state index in [1.54, 1.807) is 11.9 Å². The van der Waals surface area contributed by atoms with Crippen molar-refractivity contribution in [1.82, 2.24) is 18.5 Å². The Hall–Kier alpha value is -2.99. The molecule has 0 fully saturated rings. The van der Waals surface area contributed by atoms with E-state index in [1.807, 2.05) is 12.3 Å². The highest BCUT2D eigenvalue weighted by Crippen LogP contribution is 2.31. The van der Waals surface area contributed by atoms with E-state index in [9.17, 15) is 0 Å². The Bertz CT molecular complexity index is 1260. The van der Waals surface area contributed by atoms with E-state index in [2.05, 4.69) is 84.2 Å². The van der Waals surface area contributed by atoms with Crippen LogP contribution in [-0.2, 0) is 7.05 Å². The van der Waals surface area contributed by atoms with E-state index in [0.29, 0.717) is 0 Å². The molecule has 5 aromatic rings. The number of aryl methyl sites for hydroxylation is 1. The number of benzene rings is 2. The van der Waals surface area contributed by atoms with Crippen molar-refractivity contribution in [1.29, 1.82) is 0 Å². The molecule has 27 heavy (non-hydrogen) atoms. The van der Waals surface area contributed by atoms with Crippen molar-refractivity contribution in [2.45, 2.75) is 4.90 Å². The number of fused-ring (bicyclic) bond motifs is 3. The molecule has 0 amide bonds. The number of hydrogen-bond donors (Lipinski definition) is 0. The molecule has 0 unspecified atom stereocenters. The summed E-state index contributed by atoms with van der Waals surface area (Å²) in [6.45, 7) is 0. The minimum atomic E-state index is 0.919. The molecule has 0 aliphatic carbocycles. The van der Waals surface area contributed by atoms with Gasteiger partial charge in [-0.15, -0.1) is 0 Å². The third kappa shape index (κ3) is 2.73. The van der Waals surface area contributed by atoms with E-state index in [-0.39, 0.29) is 0 Å². The Labute approximate surface area is 162 Å². The van der Waals surface area contributed by atoms with Crippen LogP contribution in [0.3, 0.4) is 0 Å². The van der Waals surface area contributed by atoms with Gasteiger partial charge in [-0.3, -0.25) is 3.97 Å². The minimum absolute atomic E-state index is 0.919. The lowest BCUT2D eigenvalue weighted by Gasteiger charge is -2.05. The summed E-state index contributed by atoms with van der Waals surface area (Å²) in [5.41, 5.74) is 5.35. The second-order valence-electron chi connectivity index (χ2n) is 6.64. The summed E-state index contributed by atoms with van der Waals surface area (Å²) in [6.07, 6.45) is 3.95. The number of rotatable bonds is 3. The van der Waals surface area contributed by atoms with Crippen LogP contribution in [0.4, 0.5) is 0 Å². The van der Waals surface area contributed by atoms with Gasteiger partial charge in [-0.25, -0.2) is 9.97 Å². The number of imidazole rings is 1. The Balaban J connectivity index is 1.66. The van der Waals surface area contributed by atoms with Crippen LogP contribution in [0.25, 0.3) is 33.5 Å². The van der Waals surface area contributed by atoms with Crippen molar-refractivity contribution in [3.63, 3.8) is 0 Å². The average Bonchev–Trinajstić information content (AvgIpc) is 3.24. The first-order valence-corrected chi connectivity index (χ1v) is 9.61. The monoisotopic (exact) mass is 368 g/mol. The predicted molar refractivity (Wildman–Crippen MR) is 115 cm³/mol. The topological polar surface area (TPSA) is 35.6 Å². The van der Waals surface area contributed by atoms with Crippen LogP contribution in [0.5, 0.6) is 0 Å². The van der Waals surface area contributed by atoms with Crippen molar-refractivity contribution in [3.05, 3.63) is 73.1 Å². The van der Waals surface area contributed by atoms with Gasteiger partial charge in [0.05, 0.1) is 11.7 Å². The molecule has 0 spiro atoms. The van der Waals surface area contributed by atoms with Crippen molar-refractivity contribution < 1.29 is 0 Å².